The Kier molecular flexibility index (Phi) is 6.74. The van der Waals surface area contributed by atoms with Gasteiger partial charge in [0.05, 0.1) is 16.6 Å². The maximum atomic E-state index is 13.1. The van der Waals surface area contributed by atoms with Crippen LogP contribution in [0.5, 0.6) is 0 Å². The van der Waals surface area contributed by atoms with Gasteiger partial charge in [-0.25, -0.2) is 8.42 Å². The smallest absolute Gasteiger partial charge is 0.262 e. The summed E-state index contributed by atoms with van der Waals surface area (Å²) in [6.07, 6.45) is 0. The van der Waals surface area contributed by atoms with Crippen molar-refractivity contribution in [2.45, 2.75) is 52.5 Å². The maximum absolute atomic E-state index is 13.1. The Balaban J connectivity index is 1.87. The summed E-state index contributed by atoms with van der Waals surface area (Å²) in [6, 6.07) is 16.2. The van der Waals surface area contributed by atoms with E-state index in [0.29, 0.717) is 16.8 Å². The van der Waals surface area contributed by atoms with Gasteiger partial charge in [0, 0.05) is 5.56 Å². The van der Waals surface area contributed by atoms with Crippen molar-refractivity contribution >= 4 is 21.6 Å². The summed E-state index contributed by atoms with van der Waals surface area (Å²) in [5, 5.41) is 2.98. The molecule has 1 amide bonds. The van der Waals surface area contributed by atoms with Gasteiger partial charge in [0.2, 0.25) is 0 Å². The molecular formula is C26H30N2O3S. The molecule has 0 spiro atoms. The van der Waals surface area contributed by atoms with Crippen LogP contribution in [0.15, 0.2) is 59.5 Å². The molecule has 0 heterocycles. The summed E-state index contributed by atoms with van der Waals surface area (Å²) in [5.41, 5.74) is 6.47. The molecule has 0 fully saturated rings. The number of sulfonamides is 1. The summed E-state index contributed by atoms with van der Waals surface area (Å²) >= 11 is 0. The van der Waals surface area contributed by atoms with Crippen LogP contribution in [0, 0.1) is 34.6 Å². The highest BCUT2D eigenvalue weighted by Gasteiger charge is 2.21. The van der Waals surface area contributed by atoms with Crippen molar-refractivity contribution < 1.29 is 13.2 Å². The Labute approximate surface area is 190 Å². The van der Waals surface area contributed by atoms with E-state index in [4.69, 9.17) is 0 Å². The molecule has 0 aliphatic rings. The summed E-state index contributed by atoms with van der Waals surface area (Å²) in [7, 11) is -3.86. The number of benzene rings is 3. The minimum atomic E-state index is -3.86. The van der Waals surface area contributed by atoms with E-state index in [1.165, 1.54) is 6.07 Å². The number of aryl methyl sites for hydroxylation is 5. The third kappa shape index (κ3) is 5.19. The number of amides is 1. The van der Waals surface area contributed by atoms with E-state index >= 15 is 0 Å². The van der Waals surface area contributed by atoms with E-state index in [2.05, 4.69) is 16.1 Å². The van der Waals surface area contributed by atoms with E-state index in [-0.39, 0.29) is 16.8 Å². The molecule has 3 rings (SSSR count). The molecular weight excluding hydrogens is 420 g/mol. The summed E-state index contributed by atoms with van der Waals surface area (Å²) in [4.78, 5) is 13.0. The fourth-order valence-electron chi connectivity index (χ4n) is 3.75. The van der Waals surface area contributed by atoms with Crippen LogP contribution in [0.25, 0.3) is 0 Å². The fraction of sp³-hybridized carbons (Fsp3) is 0.269. The van der Waals surface area contributed by atoms with E-state index in [1.54, 1.807) is 25.1 Å². The predicted molar refractivity (Wildman–Crippen MR) is 130 cm³/mol. The highest BCUT2D eigenvalue weighted by atomic mass is 32.2. The lowest BCUT2D eigenvalue weighted by Gasteiger charge is -2.18. The first-order valence-electron chi connectivity index (χ1n) is 10.6. The van der Waals surface area contributed by atoms with Gasteiger partial charge in [-0.1, -0.05) is 42.0 Å². The lowest BCUT2D eigenvalue weighted by Crippen LogP contribution is -2.27. The van der Waals surface area contributed by atoms with Crippen molar-refractivity contribution in [1.82, 2.24) is 5.32 Å². The molecule has 168 valence electrons. The Bertz CT molecular complexity index is 1280. The first-order chi connectivity index (χ1) is 15.0. The SMILES string of the molecule is Cc1ccc([C@H](C)NC(=O)c2ccc(C)c(S(=O)(=O)Nc3cc(C)ccc3C)c2)c(C)c1. The maximum Gasteiger partial charge on any atom is 0.262 e. The van der Waals surface area contributed by atoms with E-state index in [1.807, 2.05) is 58.9 Å². The Morgan fingerprint density at radius 2 is 1.41 bits per heavy atom. The molecule has 0 radical (unpaired) electrons. The molecule has 0 aliphatic heterocycles. The second kappa shape index (κ2) is 9.17. The monoisotopic (exact) mass is 450 g/mol. The number of anilines is 1. The van der Waals surface area contributed by atoms with Gasteiger partial charge in [-0.05, 0) is 87.6 Å². The van der Waals surface area contributed by atoms with E-state index in [0.717, 1.165) is 27.8 Å². The molecule has 0 bridgehead atoms. The first kappa shape index (κ1) is 23.5. The summed E-state index contributed by atoms with van der Waals surface area (Å²) in [6.45, 7) is 11.4. The average Bonchev–Trinajstić information content (AvgIpc) is 2.70. The van der Waals surface area contributed by atoms with Gasteiger partial charge in [0.1, 0.15) is 0 Å². The lowest BCUT2D eigenvalue weighted by atomic mass is 10.00. The van der Waals surface area contributed by atoms with Crippen molar-refractivity contribution in [1.29, 1.82) is 0 Å². The van der Waals surface area contributed by atoms with E-state index < -0.39 is 10.0 Å². The molecule has 0 aromatic heterocycles. The first-order valence-corrected chi connectivity index (χ1v) is 12.0. The topological polar surface area (TPSA) is 75.3 Å². The van der Waals surface area contributed by atoms with Gasteiger partial charge < -0.3 is 5.32 Å². The zero-order chi connectivity index (χ0) is 23.6. The van der Waals surface area contributed by atoms with Crippen LogP contribution in [0.3, 0.4) is 0 Å². The number of nitrogens with one attached hydrogen (secondary N) is 2. The molecule has 5 nitrogen and oxygen atoms in total. The molecule has 2 N–H and O–H groups in total. The number of hydrogen-bond donors (Lipinski definition) is 2. The van der Waals surface area contributed by atoms with Crippen molar-refractivity contribution in [3.8, 4) is 0 Å². The molecule has 0 aliphatic carbocycles. The van der Waals surface area contributed by atoms with Crippen LogP contribution in [0.1, 0.15) is 56.7 Å². The van der Waals surface area contributed by atoms with Crippen molar-refractivity contribution in [2.75, 3.05) is 4.72 Å². The van der Waals surface area contributed by atoms with Gasteiger partial charge >= 0.3 is 0 Å². The minimum absolute atomic E-state index is 0.0882. The third-order valence-electron chi connectivity index (χ3n) is 5.62. The predicted octanol–water partition coefficient (Wildman–Crippen LogP) is 5.52. The summed E-state index contributed by atoms with van der Waals surface area (Å²) < 4.78 is 28.9. The largest absolute Gasteiger partial charge is 0.346 e. The van der Waals surface area contributed by atoms with Gasteiger partial charge in [-0.2, -0.15) is 0 Å². The average molecular weight is 451 g/mol. The number of carbonyl (C=O) groups is 1. The molecule has 0 saturated carbocycles. The van der Waals surface area contributed by atoms with Crippen molar-refractivity contribution in [2.24, 2.45) is 0 Å². The van der Waals surface area contributed by atoms with Crippen LogP contribution in [0.4, 0.5) is 5.69 Å². The zero-order valence-corrected chi connectivity index (χ0v) is 20.2. The lowest BCUT2D eigenvalue weighted by molar-refractivity contribution is 0.0939. The fourth-order valence-corrected chi connectivity index (χ4v) is 5.14. The quantitative estimate of drug-likeness (QED) is 0.519. The molecule has 0 saturated heterocycles. The highest BCUT2D eigenvalue weighted by molar-refractivity contribution is 7.92. The zero-order valence-electron chi connectivity index (χ0n) is 19.4. The molecule has 3 aromatic rings. The number of carbonyl (C=O) groups excluding carboxylic acids is 1. The normalized spacial score (nSPS) is 12.3. The van der Waals surface area contributed by atoms with Gasteiger partial charge in [-0.15, -0.1) is 0 Å². The number of hydrogen-bond acceptors (Lipinski definition) is 3. The Hall–Kier alpha value is -3.12. The van der Waals surface area contributed by atoms with Crippen LogP contribution in [-0.2, 0) is 10.0 Å². The van der Waals surface area contributed by atoms with Gasteiger partial charge in [-0.3, -0.25) is 9.52 Å². The Morgan fingerprint density at radius 1 is 0.781 bits per heavy atom. The van der Waals surface area contributed by atoms with E-state index in [9.17, 15) is 13.2 Å². The van der Waals surface area contributed by atoms with Crippen molar-refractivity contribution in [3.63, 3.8) is 0 Å². The van der Waals surface area contributed by atoms with Gasteiger partial charge in [0.25, 0.3) is 15.9 Å². The molecule has 6 heteroatoms. The standard InChI is InChI=1S/C26H30N2O3S/c1-16-8-12-23(20(5)13-16)21(6)27-26(29)22-11-10-19(4)25(15-22)32(30,31)28-24-14-17(2)7-9-18(24)3/h7-15,21,28H,1-6H3,(H,27,29)/t21-/m0/s1. The third-order valence-corrected chi connectivity index (χ3v) is 7.12. The summed E-state index contributed by atoms with van der Waals surface area (Å²) in [5.74, 6) is -0.319. The van der Waals surface area contributed by atoms with Crippen LogP contribution in [0.2, 0.25) is 0 Å². The Morgan fingerprint density at radius 3 is 2.09 bits per heavy atom. The van der Waals surface area contributed by atoms with Crippen LogP contribution >= 0.6 is 0 Å². The second-order valence-electron chi connectivity index (χ2n) is 8.46. The molecule has 1 atom stereocenters. The van der Waals surface area contributed by atoms with Crippen LogP contribution < -0.4 is 10.0 Å². The molecule has 32 heavy (non-hydrogen) atoms. The number of rotatable bonds is 6. The molecule has 0 unspecified atom stereocenters. The highest BCUT2D eigenvalue weighted by Crippen LogP contribution is 2.25. The molecule has 3 aromatic carbocycles. The van der Waals surface area contributed by atoms with Gasteiger partial charge in [0.15, 0.2) is 0 Å². The second-order valence-corrected chi connectivity index (χ2v) is 10.1. The van der Waals surface area contributed by atoms with Crippen LogP contribution in [-0.4, -0.2) is 14.3 Å². The minimum Gasteiger partial charge on any atom is -0.346 e. The van der Waals surface area contributed by atoms with Crippen molar-refractivity contribution in [3.05, 3.63) is 93.5 Å².